The number of aryl methyl sites for hydroxylation is 2. The number of carbonyl (C=O) groups excluding carboxylic acids is 1. The third kappa shape index (κ3) is 23.4. The molecule has 3 aromatic carbocycles. The highest BCUT2D eigenvalue weighted by Gasteiger charge is 2.30. The second-order valence-corrected chi connectivity index (χ2v) is 12.0. The molecule has 2 fully saturated rings. The summed E-state index contributed by atoms with van der Waals surface area (Å²) < 4.78 is 9.97. The molecule has 0 amide bonds. The van der Waals surface area contributed by atoms with E-state index in [1.165, 1.54) is 24.8 Å². The molecule has 2 heterocycles. The summed E-state index contributed by atoms with van der Waals surface area (Å²) >= 11 is 0. The van der Waals surface area contributed by atoms with E-state index in [0.29, 0.717) is 10.8 Å². The Kier molecular flexibility index (Phi) is 27.8. The first-order valence-corrected chi connectivity index (χ1v) is 17.3. The van der Waals surface area contributed by atoms with Gasteiger partial charge in [-0.2, -0.15) is 0 Å². The summed E-state index contributed by atoms with van der Waals surface area (Å²) in [6.45, 7) is 31.2. The van der Waals surface area contributed by atoms with E-state index in [9.17, 15) is 4.79 Å². The third-order valence-corrected chi connectivity index (χ3v) is 6.87. The summed E-state index contributed by atoms with van der Waals surface area (Å²) in [6.07, 6.45) is 10.8. The van der Waals surface area contributed by atoms with Crippen molar-refractivity contribution in [3.05, 3.63) is 132 Å². The molecule has 3 aromatic rings. The van der Waals surface area contributed by atoms with Crippen molar-refractivity contribution in [1.82, 2.24) is 0 Å². The maximum Gasteiger partial charge on any atom is 0.152 e. The van der Waals surface area contributed by atoms with Gasteiger partial charge in [-0.1, -0.05) is 165 Å². The van der Waals surface area contributed by atoms with Gasteiger partial charge in [-0.3, -0.25) is 4.79 Å². The quantitative estimate of drug-likeness (QED) is 0.210. The van der Waals surface area contributed by atoms with E-state index in [-0.39, 0.29) is 5.78 Å². The largest absolute Gasteiger partial charge is 0.380 e. The topological polar surface area (TPSA) is 35.5 Å². The molecule has 3 heteroatoms. The molecule has 1 aliphatic carbocycles. The SMILES string of the molecule is C=CC.C=Cc1ccccc1.CC.CC.CC(=O)/C=C/c1ccccc1.CC1(C)COC1.CCC1(C)COC1.c1ccc2c(c1)CC2. The predicted octanol–water partition coefficient (Wildman–Crippen LogP) is 12.1. The predicted molar refractivity (Wildman–Crippen MR) is 209 cm³/mol. The van der Waals surface area contributed by atoms with Crippen LogP contribution < -0.4 is 0 Å². The first-order chi connectivity index (χ1) is 22.6. The summed E-state index contributed by atoms with van der Waals surface area (Å²) in [5.41, 5.74) is 6.37. The second kappa shape index (κ2) is 28.7. The average Bonchev–Trinajstić information content (AvgIpc) is 3.07. The summed E-state index contributed by atoms with van der Waals surface area (Å²) in [5.74, 6) is 0.0776. The van der Waals surface area contributed by atoms with Crippen molar-refractivity contribution >= 4 is 17.9 Å². The monoisotopic (exact) mass is 643 g/mol. The molecule has 0 aromatic heterocycles. The molecule has 6 rings (SSSR count). The Hall–Kier alpha value is -3.53. The smallest absolute Gasteiger partial charge is 0.152 e. The van der Waals surface area contributed by atoms with Gasteiger partial charge in [0.05, 0.1) is 26.4 Å². The van der Waals surface area contributed by atoms with E-state index in [0.717, 1.165) is 32.0 Å². The zero-order valence-corrected chi connectivity index (χ0v) is 31.5. The van der Waals surface area contributed by atoms with E-state index in [4.69, 9.17) is 9.47 Å². The fraction of sp³-hybridized carbons (Fsp3) is 0.432. The molecule has 0 saturated carbocycles. The molecular weight excluding hydrogens is 576 g/mol. The van der Waals surface area contributed by atoms with E-state index in [1.807, 2.05) is 107 Å². The van der Waals surface area contributed by atoms with Crippen molar-refractivity contribution in [3.63, 3.8) is 0 Å². The maximum atomic E-state index is 10.5. The Bertz CT molecular complexity index is 1170. The van der Waals surface area contributed by atoms with Gasteiger partial charge < -0.3 is 9.47 Å². The Morgan fingerprint density at radius 2 is 1.06 bits per heavy atom. The van der Waals surface area contributed by atoms with Crippen LogP contribution in [-0.2, 0) is 27.1 Å². The van der Waals surface area contributed by atoms with E-state index in [2.05, 4.69) is 65.1 Å². The number of ketones is 1. The van der Waals surface area contributed by atoms with Crippen LogP contribution >= 0.6 is 0 Å². The van der Waals surface area contributed by atoms with Crippen LogP contribution in [0.3, 0.4) is 0 Å². The van der Waals surface area contributed by atoms with Crippen molar-refractivity contribution in [2.45, 2.75) is 88.5 Å². The zero-order valence-electron chi connectivity index (χ0n) is 31.5. The molecule has 0 spiro atoms. The van der Waals surface area contributed by atoms with Crippen molar-refractivity contribution in [2.24, 2.45) is 10.8 Å². The lowest BCUT2D eigenvalue weighted by Crippen LogP contribution is -2.38. The van der Waals surface area contributed by atoms with Crippen LogP contribution in [0, 0.1) is 10.8 Å². The van der Waals surface area contributed by atoms with E-state index < -0.39 is 0 Å². The molecule has 47 heavy (non-hydrogen) atoms. The molecule has 2 aliphatic heterocycles. The van der Waals surface area contributed by atoms with Crippen molar-refractivity contribution < 1.29 is 14.3 Å². The second-order valence-electron chi connectivity index (χ2n) is 12.0. The summed E-state index contributed by atoms with van der Waals surface area (Å²) in [4.78, 5) is 10.5. The first kappa shape index (κ1) is 45.6. The number of fused-ring (bicyclic) bond motifs is 1. The highest BCUT2D eigenvalue weighted by atomic mass is 16.5. The van der Waals surface area contributed by atoms with Crippen LogP contribution in [0.1, 0.15) is 97.9 Å². The number of ether oxygens (including phenoxy) is 2. The van der Waals surface area contributed by atoms with Crippen molar-refractivity contribution in [2.75, 3.05) is 26.4 Å². The lowest BCUT2D eigenvalue weighted by molar-refractivity contribution is -0.112. The fourth-order valence-corrected chi connectivity index (χ4v) is 3.67. The lowest BCUT2D eigenvalue weighted by Gasteiger charge is -2.36. The fourth-order valence-electron chi connectivity index (χ4n) is 3.67. The summed E-state index contributed by atoms with van der Waals surface area (Å²) in [7, 11) is 0. The van der Waals surface area contributed by atoms with Crippen LogP contribution in [0.5, 0.6) is 0 Å². The van der Waals surface area contributed by atoms with Crippen molar-refractivity contribution in [1.29, 1.82) is 0 Å². The van der Waals surface area contributed by atoms with Gasteiger partial charge in [-0.25, -0.2) is 0 Å². The molecule has 3 aliphatic rings. The lowest BCUT2D eigenvalue weighted by atomic mass is 9.86. The number of allylic oxidation sites excluding steroid dienone is 2. The van der Waals surface area contributed by atoms with Gasteiger partial charge in [0.1, 0.15) is 0 Å². The standard InChI is InChI=1S/C10H10O.2C8H8.C6H12O.C5H10O.C3H6.2C2H6/c1-9(11)7-8-10-5-3-2-4-6-10;1-2-4-8-6-5-7(8)3-1;1-2-8-6-4-3-5-7-8;1-3-6(2)4-7-5-6;1-5(2)3-6-4-5;1-3-2;2*1-2/h2-8H,1H3;1-4H,5-6H2;2-7H,1H2;3-5H2,1-2H3;3-4H2,1-2H3;3H,1H2,2H3;2*1-2H3/b8-7+;;;;;;;. The van der Waals surface area contributed by atoms with Gasteiger partial charge in [0.2, 0.25) is 0 Å². The van der Waals surface area contributed by atoms with Crippen molar-refractivity contribution in [3.8, 4) is 0 Å². The summed E-state index contributed by atoms with van der Waals surface area (Å²) in [5, 5.41) is 0. The van der Waals surface area contributed by atoms with Gasteiger partial charge in [0.15, 0.2) is 5.78 Å². The van der Waals surface area contributed by atoms with E-state index >= 15 is 0 Å². The molecule has 0 N–H and O–H groups in total. The normalized spacial score (nSPS) is 14.5. The maximum absolute atomic E-state index is 10.5. The third-order valence-electron chi connectivity index (χ3n) is 6.87. The number of benzene rings is 3. The molecular formula is C44H66O3. The van der Waals surface area contributed by atoms with Gasteiger partial charge in [0, 0.05) is 10.8 Å². The average molecular weight is 643 g/mol. The van der Waals surface area contributed by atoms with Gasteiger partial charge >= 0.3 is 0 Å². The Morgan fingerprint density at radius 1 is 0.702 bits per heavy atom. The molecule has 0 bridgehead atoms. The summed E-state index contributed by atoms with van der Waals surface area (Å²) in [6, 6.07) is 28.4. The van der Waals surface area contributed by atoms with Crippen LogP contribution in [0.2, 0.25) is 0 Å². The van der Waals surface area contributed by atoms with Crippen LogP contribution in [0.15, 0.2) is 110 Å². The first-order valence-electron chi connectivity index (χ1n) is 17.3. The van der Waals surface area contributed by atoms with E-state index in [1.54, 1.807) is 30.2 Å². The highest BCUT2D eigenvalue weighted by Crippen LogP contribution is 2.29. The van der Waals surface area contributed by atoms with Gasteiger partial charge in [-0.15, -0.1) is 6.58 Å². The Morgan fingerprint density at radius 3 is 1.26 bits per heavy atom. The zero-order chi connectivity index (χ0) is 36.0. The number of hydrogen-bond donors (Lipinski definition) is 0. The van der Waals surface area contributed by atoms with Crippen LogP contribution in [0.4, 0.5) is 0 Å². The molecule has 0 radical (unpaired) electrons. The molecule has 260 valence electrons. The molecule has 0 unspecified atom stereocenters. The number of carbonyl (C=O) groups is 1. The highest BCUT2D eigenvalue weighted by molar-refractivity contribution is 5.91. The Labute approximate surface area is 289 Å². The Balaban J connectivity index is 0. The van der Waals surface area contributed by atoms with Crippen LogP contribution in [0.25, 0.3) is 12.2 Å². The minimum Gasteiger partial charge on any atom is -0.380 e. The van der Waals surface area contributed by atoms with Crippen LogP contribution in [-0.4, -0.2) is 32.2 Å². The minimum atomic E-state index is 0.0776. The molecule has 2 saturated heterocycles. The molecule has 3 nitrogen and oxygen atoms in total. The minimum absolute atomic E-state index is 0.0776. The number of rotatable bonds is 4. The number of hydrogen-bond acceptors (Lipinski definition) is 3. The molecule has 0 atom stereocenters. The van der Waals surface area contributed by atoms with Gasteiger partial charge in [-0.05, 0) is 61.4 Å². The van der Waals surface area contributed by atoms with Gasteiger partial charge in [0.25, 0.3) is 0 Å².